The third kappa shape index (κ3) is 4.84. The van der Waals surface area contributed by atoms with Crippen LogP contribution in [0.5, 0.6) is 5.75 Å². The molecule has 0 radical (unpaired) electrons. The van der Waals surface area contributed by atoms with Crippen LogP contribution in [0, 0.1) is 0 Å². The molecule has 0 unspecified atom stereocenters. The first kappa shape index (κ1) is 16.5. The number of nitrogens with zero attached hydrogens (tertiary/aromatic N) is 2. The molecule has 0 aliphatic rings. The number of hydrogen-bond donors (Lipinski definition) is 0. The van der Waals surface area contributed by atoms with E-state index in [1.165, 1.54) is 0 Å². The van der Waals surface area contributed by atoms with Gasteiger partial charge in [-0.2, -0.15) is 4.98 Å². The van der Waals surface area contributed by atoms with Gasteiger partial charge in [0.05, 0.1) is 0 Å². The average molecular weight is 369 g/mol. The van der Waals surface area contributed by atoms with Gasteiger partial charge in [0.25, 0.3) is 5.89 Å². The molecule has 0 spiro atoms. The molecule has 2 aromatic rings. The van der Waals surface area contributed by atoms with Crippen LogP contribution in [-0.4, -0.2) is 22.7 Å². The zero-order chi connectivity index (χ0) is 16.2. The van der Waals surface area contributed by atoms with Crippen LogP contribution >= 0.6 is 15.9 Å². The first-order valence-electron chi connectivity index (χ1n) is 6.71. The zero-order valence-electron chi connectivity index (χ0n) is 12.6. The number of aromatic nitrogens is 2. The second-order valence-electron chi connectivity index (χ2n) is 5.67. The maximum Gasteiger partial charge on any atom is 0.344 e. The molecule has 0 saturated carbocycles. The molecule has 0 atom stereocenters. The molecule has 7 heteroatoms. The summed E-state index contributed by atoms with van der Waals surface area (Å²) in [7, 11) is 0. The van der Waals surface area contributed by atoms with E-state index in [9.17, 15) is 4.79 Å². The number of halogens is 1. The molecule has 0 bridgehead atoms. The highest BCUT2D eigenvalue weighted by Crippen LogP contribution is 2.19. The molecule has 1 aromatic heterocycles. The van der Waals surface area contributed by atoms with Gasteiger partial charge >= 0.3 is 5.97 Å². The van der Waals surface area contributed by atoms with Crippen molar-refractivity contribution in [3.63, 3.8) is 0 Å². The minimum atomic E-state index is -0.501. The molecule has 1 aromatic carbocycles. The van der Waals surface area contributed by atoms with E-state index in [1.54, 1.807) is 12.1 Å². The third-order valence-electron chi connectivity index (χ3n) is 2.67. The first-order valence-corrected chi connectivity index (χ1v) is 7.51. The molecule has 6 nitrogen and oxygen atoms in total. The molecule has 0 N–H and O–H groups in total. The van der Waals surface area contributed by atoms with Crippen molar-refractivity contribution in [2.45, 2.75) is 32.8 Å². The van der Waals surface area contributed by atoms with Crippen LogP contribution in [0.3, 0.4) is 0 Å². The minimum Gasteiger partial charge on any atom is -0.482 e. The van der Waals surface area contributed by atoms with Crippen molar-refractivity contribution >= 4 is 21.9 Å². The van der Waals surface area contributed by atoms with E-state index in [2.05, 4.69) is 26.1 Å². The van der Waals surface area contributed by atoms with Crippen molar-refractivity contribution in [3.8, 4) is 5.75 Å². The van der Waals surface area contributed by atoms with Crippen molar-refractivity contribution < 1.29 is 18.8 Å². The quantitative estimate of drug-likeness (QED) is 0.754. The smallest absolute Gasteiger partial charge is 0.344 e. The normalized spacial score (nSPS) is 11.3. The third-order valence-corrected chi connectivity index (χ3v) is 3.19. The van der Waals surface area contributed by atoms with Crippen LogP contribution in [0.1, 0.15) is 32.5 Å². The Morgan fingerprint density at radius 3 is 2.55 bits per heavy atom. The summed E-state index contributed by atoms with van der Waals surface area (Å²) >= 11 is 3.32. The van der Waals surface area contributed by atoms with Crippen molar-refractivity contribution in [1.82, 2.24) is 10.1 Å². The van der Waals surface area contributed by atoms with Crippen LogP contribution in [-0.2, 0) is 21.6 Å². The number of rotatable bonds is 5. The summed E-state index contributed by atoms with van der Waals surface area (Å²) in [5, 5.41) is 3.85. The van der Waals surface area contributed by atoms with E-state index >= 15 is 0 Å². The van der Waals surface area contributed by atoms with Gasteiger partial charge in [0, 0.05) is 9.89 Å². The Hall–Kier alpha value is -1.89. The van der Waals surface area contributed by atoms with Gasteiger partial charge in [-0.3, -0.25) is 0 Å². The van der Waals surface area contributed by atoms with Crippen LogP contribution in [0.4, 0.5) is 0 Å². The highest BCUT2D eigenvalue weighted by atomic mass is 79.9. The molecule has 118 valence electrons. The Morgan fingerprint density at radius 2 is 1.95 bits per heavy atom. The number of benzene rings is 1. The van der Waals surface area contributed by atoms with E-state index in [4.69, 9.17) is 14.0 Å². The Labute approximate surface area is 136 Å². The number of carbonyl (C=O) groups excluding carboxylic acids is 1. The fourth-order valence-electron chi connectivity index (χ4n) is 1.48. The van der Waals surface area contributed by atoms with E-state index < -0.39 is 5.97 Å². The summed E-state index contributed by atoms with van der Waals surface area (Å²) in [5.41, 5.74) is -0.212. The van der Waals surface area contributed by atoms with Crippen LogP contribution in [0.25, 0.3) is 0 Å². The summed E-state index contributed by atoms with van der Waals surface area (Å²) in [6.45, 7) is 5.67. The molecular weight excluding hydrogens is 352 g/mol. The summed E-state index contributed by atoms with van der Waals surface area (Å²) in [5.74, 6) is 0.929. The summed E-state index contributed by atoms with van der Waals surface area (Å²) in [4.78, 5) is 15.8. The molecule has 0 amide bonds. The predicted molar refractivity (Wildman–Crippen MR) is 82.4 cm³/mol. The maximum absolute atomic E-state index is 11.6. The van der Waals surface area contributed by atoms with Gasteiger partial charge in [-0.15, -0.1) is 0 Å². The van der Waals surface area contributed by atoms with Gasteiger partial charge in [0.2, 0.25) is 0 Å². The molecule has 0 aliphatic carbocycles. The second-order valence-corrected chi connectivity index (χ2v) is 6.58. The Balaban J connectivity index is 1.78. The molecule has 0 saturated heterocycles. The lowest BCUT2D eigenvalue weighted by atomic mass is 9.96. The predicted octanol–water partition coefficient (Wildman–Crippen LogP) is 3.25. The topological polar surface area (TPSA) is 74.5 Å². The average Bonchev–Trinajstić information content (AvgIpc) is 2.93. The Bertz CT molecular complexity index is 632. The fraction of sp³-hybridized carbons (Fsp3) is 0.400. The monoisotopic (exact) mass is 368 g/mol. The SMILES string of the molecule is CC(C)(C)c1noc(COC(=O)COc2ccc(Br)cc2)n1. The Morgan fingerprint density at radius 1 is 1.27 bits per heavy atom. The van der Waals surface area contributed by atoms with Gasteiger partial charge in [-0.25, -0.2) is 4.79 Å². The number of esters is 1. The van der Waals surface area contributed by atoms with Crippen LogP contribution < -0.4 is 4.74 Å². The lowest BCUT2D eigenvalue weighted by Gasteiger charge is -2.10. The summed E-state index contributed by atoms with van der Waals surface area (Å²) in [6, 6.07) is 7.16. The van der Waals surface area contributed by atoms with Crippen molar-refractivity contribution in [2.75, 3.05) is 6.61 Å². The lowest BCUT2D eigenvalue weighted by molar-refractivity contribution is -0.148. The highest BCUT2D eigenvalue weighted by molar-refractivity contribution is 9.10. The maximum atomic E-state index is 11.6. The van der Waals surface area contributed by atoms with Crippen molar-refractivity contribution in [3.05, 3.63) is 40.5 Å². The molecular formula is C15H17BrN2O4. The minimum absolute atomic E-state index is 0.0639. The molecule has 0 aliphatic heterocycles. The molecule has 0 fully saturated rings. The van der Waals surface area contributed by atoms with E-state index in [0.29, 0.717) is 11.6 Å². The van der Waals surface area contributed by atoms with Gasteiger partial charge in [-0.1, -0.05) is 41.9 Å². The first-order chi connectivity index (χ1) is 10.3. The van der Waals surface area contributed by atoms with Gasteiger partial charge in [0.15, 0.2) is 19.0 Å². The van der Waals surface area contributed by atoms with Crippen molar-refractivity contribution in [1.29, 1.82) is 0 Å². The fourth-order valence-corrected chi connectivity index (χ4v) is 1.74. The second kappa shape index (κ2) is 6.91. The van der Waals surface area contributed by atoms with Crippen LogP contribution in [0.2, 0.25) is 0 Å². The van der Waals surface area contributed by atoms with E-state index in [0.717, 1.165) is 4.47 Å². The largest absolute Gasteiger partial charge is 0.482 e. The number of hydrogen-bond acceptors (Lipinski definition) is 6. The van der Waals surface area contributed by atoms with Crippen LogP contribution in [0.15, 0.2) is 33.3 Å². The lowest BCUT2D eigenvalue weighted by Crippen LogP contribution is -2.15. The van der Waals surface area contributed by atoms with E-state index in [1.807, 2.05) is 32.9 Å². The number of ether oxygens (including phenoxy) is 2. The van der Waals surface area contributed by atoms with E-state index in [-0.39, 0.29) is 24.5 Å². The number of carbonyl (C=O) groups is 1. The molecule has 1 heterocycles. The highest BCUT2D eigenvalue weighted by Gasteiger charge is 2.21. The standard InChI is InChI=1S/C15H17BrN2O4/c1-15(2,3)14-17-12(22-18-14)8-21-13(19)9-20-11-6-4-10(16)5-7-11/h4-7H,8-9H2,1-3H3. The Kier molecular flexibility index (Phi) is 5.18. The summed E-state index contributed by atoms with van der Waals surface area (Å²) < 4.78 is 16.3. The van der Waals surface area contributed by atoms with Gasteiger partial charge in [0.1, 0.15) is 5.75 Å². The van der Waals surface area contributed by atoms with Crippen molar-refractivity contribution in [2.24, 2.45) is 0 Å². The summed E-state index contributed by atoms with van der Waals surface area (Å²) in [6.07, 6.45) is 0. The van der Waals surface area contributed by atoms with Gasteiger partial charge < -0.3 is 14.0 Å². The molecule has 2 rings (SSSR count). The zero-order valence-corrected chi connectivity index (χ0v) is 14.2. The van der Waals surface area contributed by atoms with Gasteiger partial charge in [-0.05, 0) is 24.3 Å². The molecule has 22 heavy (non-hydrogen) atoms.